The molecule has 0 bridgehead atoms. The van der Waals surface area contributed by atoms with Crippen LogP contribution < -0.4 is 10.6 Å². The lowest BCUT2D eigenvalue weighted by Gasteiger charge is -2.50. The Bertz CT molecular complexity index is 1540. The summed E-state index contributed by atoms with van der Waals surface area (Å²) in [7, 11) is 6.85. The normalized spacial score (nSPS) is 26.0. The van der Waals surface area contributed by atoms with E-state index in [2.05, 4.69) is 22.6 Å². The molecule has 2 aromatic carbocycles. The number of Topliss-reactive ketones (excluding diaryl/α,β-unsaturated/α-hetero) is 2. The number of phenols is 1. The van der Waals surface area contributed by atoms with Crippen molar-refractivity contribution in [3.8, 4) is 16.9 Å². The molecule has 10 nitrogen and oxygen atoms in total. The number of amides is 1. The molecular weight excluding hydrogens is 629 g/mol. The Kier molecular flexibility index (Phi) is 6.75. The topological polar surface area (TPSA) is 165 Å². The molecule has 0 unspecified atom stereocenters. The standard InChI is InChI=1S/C29H30IN3O7/c1-32(2)18-11-15(12-5-7-14(30)8-6-12)23(34)20-16(18)9-13-10-17-22(33(3)4)25(36)21(28(31)39)27(38)29(17,40)26(37)19(13)24(20)35/h5-8,11,13,17,22,34,36-37,40H,9-10H2,1-4H3,(H2,31,39)/t13-,17-,22-,29-/m0/s1. The van der Waals surface area contributed by atoms with Crippen molar-refractivity contribution in [1.82, 2.24) is 4.90 Å². The van der Waals surface area contributed by atoms with Crippen LogP contribution in [-0.2, 0) is 16.0 Å². The zero-order chi connectivity index (χ0) is 29.4. The van der Waals surface area contributed by atoms with E-state index in [9.17, 15) is 34.8 Å². The minimum absolute atomic E-state index is 0.0134. The van der Waals surface area contributed by atoms with Gasteiger partial charge < -0.3 is 31.1 Å². The maximum atomic E-state index is 14.1. The molecular formula is C29H30IN3O7. The Balaban J connectivity index is 1.75. The molecule has 3 aliphatic rings. The van der Waals surface area contributed by atoms with Crippen LogP contribution in [0.15, 0.2) is 53.0 Å². The third-order valence-corrected chi connectivity index (χ3v) is 9.06. The SMILES string of the molecule is CN(C)c1cc(-c2ccc(I)cc2)c(O)c2c1C[C@H]1C[C@H]3[C@H](N(C)C)C(O)=C(C(N)=O)C(=O)[C@@]3(O)C(O)=C1C2=O. The van der Waals surface area contributed by atoms with Crippen LogP contribution in [0.5, 0.6) is 5.75 Å². The molecule has 0 saturated carbocycles. The summed E-state index contributed by atoms with van der Waals surface area (Å²) >= 11 is 2.17. The number of rotatable bonds is 4. The van der Waals surface area contributed by atoms with Gasteiger partial charge in [-0.15, -0.1) is 0 Å². The molecule has 40 heavy (non-hydrogen) atoms. The van der Waals surface area contributed by atoms with Gasteiger partial charge in [0.25, 0.3) is 5.91 Å². The quantitative estimate of drug-likeness (QED) is 0.245. The first-order valence-corrected chi connectivity index (χ1v) is 13.8. The highest BCUT2D eigenvalue weighted by atomic mass is 127. The van der Waals surface area contributed by atoms with E-state index in [-0.39, 0.29) is 29.7 Å². The maximum absolute atomic E-state index is 14.1. The Morgan fingerprint density at radius 3 is 2.25 bits per heavy atom. The summed E-state index contributed by atoms with van der Waals surface area (Å²) in [6, 6.07) is 8.20. The van der Waals surface area contributed by atoms with Gasteiger partial charge in [0.2, 0.25) is 5.78 Å². The molecule has 5 rings (SSSR count). The average Bonchev–Trinajstić information content (AvgIpc) is 2.86. The summed E-state index contributed by atoms with van der Waals surface area (Å²) in [6.07, 6.45) is 0.265. The van der Waals surface area contributed by atoms with Crippen molar-refractivity contribution in [2.75, 3.05) is 33.1 Å². The molecule has 0 aliphatic heterocycles. The lowest BCUT2D eigenvalue weighted by Crippen LogP contribution is -2.63. The Morgan fingerprint density at radius 2 is 1.70 bits per heavy atom. The van der Waals surface area contributed by atoms with Gasteiger partial charge in [0, 0.05) is 40.4 Å². The number of benzene rings is 2. The van der Waals surface area contributed by atoms with E-state index in [1.807, 2.05) is 49.3 Å². The second-order valence-electron chi connectivity index (χ2n) is 11.0. The van der Waals surface area contributed by atoms with E-state index in [1.165, 1.54) is 4.90 Å². The molecule has 210 valence electrons. The van der Waals surface area contributed by atoms with Crippen LogP contribution in [-0.4, -0.2) is 82.6 Å². The van der Waals surface area contributed by atoms with Gasteiger partial charge in [-0.3, -0.25) is 19.3 Å². The van der Waals surface area contributed by atoms with E-state index >= 15 is 0 Å². The molecule has 0 radical (unpaired) electrons. The Labute approximate surface area is 244 Å². The van der Waals surface area contributed by atoms with Crippen molar-refractivity contribution in [2.45, 2.75) is 24.5 Å². The number of nitrogens with zero attached hydrogens (tertiary/aromatic N) is 2. The number of primary amides is 1. The van der Waals surface area contributed by atoms with Crippen LogP contribution >= 0.6 is 22.6 Å². The van der Waals surface area contributed by atoms with E-state index in [1.54, 1.807) is 14.1 Å². The minimum atomic E-state index is -2.67. The number of carbonyl (C=O) groups is 3. The summed E-state index contributed by atoms with van der Waals surface area (Å²) in [6.45, 7) is 0. The highest BCUT2D eigenvalue weighted by Crippen LogP contribution is 2.54. The lowest BCUT2D eigenvalue weighted by atomic mass is 9.58. The minimum Gasteiger partial charge on any atom is -0.510 e. The van der Waals surface area contributed by atoms with E-state index in [0.717, 1.165) is 3.57 Å². The monoisotopic (exact) mass is 659 g/mol. The first kappa shape index (κ1) is 28.1. The summed E-state index contributed by atoms with van der Waals surface area (Å²) in [5, 5.41) is 45.7. The fraction of sp³-hybridized carbons (Fsp3) is 0.345. The third-order valence-electron chi connectivity index (χ3n) is 8.34. The van der Waals surface area contributed by atoms with Crippen LogP contribution in [0, 0.1) is 15.4 Å². The highest BCUT2D eigenvalue weighted by Gasteiger charge is 2.63. The molecule has 1 amide bonds. The number of hydrogen-bond acceptors (Lipinski definition) is 9. The second kappa shape index (κ2) is 9.60. The third kappa shape index (κ3) is 3.85. The van der Waals surface area contributed by atoms with Crippen LogP contribution in [0.3, 0.4) is 0 Å². The number of aliphatic hydroxyl groups is 3. The number of anilines is 1. The van der Waals surface area contributed by atoms with Crippen molar-refractivity contribution < 1.29 is 34.8 Å². The van der Waals surface area contributed by atoms with Crippen molar-refractivity contribution in [1.29, 1.82) is 0 Å². The molecule has 2 aromatic rings. The number of phenolic OH excluding ortho intramolecular Hbond substituents is 1. The fourth-order valence-corrected chi connectivity index (χ4v) is 6.91. The van der Waals surface area contributed by atoms with Gasteiger partial charge >= 0.3 is 0 Å². The van der Waals surface area contributed by atoms with Crippen LogP contribution in [0.1, 0.15) is 22.3 Å². The molecule has 11 heteroatoms. The van der Waals surface area contributed by atoms with Crippen molar-refractivity contribution >= 4 is 45.8 Å². The lowest BCUT2D eigenvalue weighted by molar-refractivity contribution is -0.148. The number of allylic oxidation sites excluding steroid dienone is 1. The number of aromatic hydroxyl groups is 1. The Hall–Kier alpha value is -3.42. The van der Waals surface area contributed by atoms with E-state index in [4.69, 9.17) is 5.73 Å². The molecule has 3 aliphatic carbocycles. The molecule has 0 aromatic heterocycles. The fourth-order valence-electron chi connectivity index (χ4n) is 6.55. The van der Waals surface area contributed by atoms with Crippen LogP contribution in [0.2, 0.25) is 0 Å². The number of aliphatic hydroxyl groups excluding tert-OH is 2. The predicted molar refractivity (Wildman–Crippen MR) is 156 cm³/mol. The zero-order valence-corrected chi connectivity index (χ0v) is 24.6. The van der Waals surface area contributed by atoms with Crippen molar-refractivity contribution in [2.24, 2.45) is 17.6 Å². The molecule has 4 atom stereocenters. The van der Waals surface area contributed by atoms with Crippen LogP contribution in [0.25, 0.3) is 11.1 Å². The van der Waals surface area contributed by atoms with Crippen molar-refractivity contribution in [3.05, 3.63) is 67.7 Å². The number of carbonyl (C=O) groups excluding carboxylic acids is 3. The first-order valence-electron chi connectivity index (χ1n) is 12.7. The van der Waals surface area contributed by atoms with Gasteiger partial charge in [-0.25, -0.2) is 0 Å². The van der Waals surface area contributed by atoms with Crippen LogP contribution in [0.4, 0.5) is 5.69 Å². The molecule has 6 N–H and O–H groups in total. The molecule has 0 fully saturated rings. The van der Waals surface area contributed by atoms with E-state index in [0.29, 0.717) is 22.4 Å². The number of likely N-dealkylation sites (N-methyl/N-ethyl adjacent to an activating group) is 1. The number of ketones is 2. The number of nitrogens with two attached hydrogens (primary N) is 1. The zero-order valence-electron chi connectivity index (χ0n) is 22.4. The maximum Gasteiger partial charge on any atom is 0.255 e. The largest absolute Gasteiger partial charge is 0.510 e. The van der Waals surface area contributed by atoms with Gasteiger partial charge in [0.1, 0.15) is 22.8 Å². The number of fused-ring (bicyclic) bond motifs is 3. The molecule has 0 saturated heterocycles. The van der Waals surface area contributed by atoms with Crippen molar-refractivity contribution in [3.63, 3.8) is 0 Å². The summed E-state index contributed by atoms with van der Waals surface area (Å²) in [5.41, 5.74) is 4.09. The highest BCUT2D eigenvalue weighted by molar-refractivity contribution is 14.1. The molecule has 0 heterocycles. The first-order chi connectivity index (χ1) is 18.7. The van der Waals surface area contributed by atoms with Gasteiger partial charge in [-0.1, -0.05) is 12.1 Å². The van der Waals surface area contributed by atoms with Gasteiger partial charge in [0.15, 0.2) is 11.4 Å². The second-order valence-corrected chi connectivity index (χ2v) is 12.3. The Morgan fingerprint density at radius 1 is 1.07 bits per heavy atom. The van der Waals surface area contributed by atoms with E-state index < -0.39 is 58.0 Å². The number of hydrogen-bond donors (Lipinski definition) is 5. The summed E-state index contributed by atoms with van der Waals surface area (Å²) < 4.78 is 0.995. The smallest absolute Gasteiger partial charge is 0.255 e. The summed E-state index contributed by atoms with van der Waals surface area (Å²) in [4.78, 5) is 43.1. The predicted octanol–water partition coefficient (Wildman–Crippen LogP) is 2.46. The van der Waals surface area contributed by atoms with Gasteiger partial charge in [-0.05, 0) is 84.8 Å². The summed E-state index contributed by atoms with van der Waals surface area (Å²) in [5.74, 6) is -6.66. The van der Waals surface area contributed by atoms with Gasteiger partial charge in [-0.2, -0.15) is 0 Å². The number of halogens is 1. The molecule has 0 spiro atoms. The average molecular weight is 659 g/mol. The van der Waals surface area contributed by atoms with Gasteiger partial charge in [0.05, 0.1) is 11.6 Å².